The number of nitrogens with two attached hydrogens (primary N) is 2. The quantitative estimate of drug-likeness (QED) is 0.644. The minimum atomic E-state index is 0.291. The average molecular weight is 178 g/mol. The lowest BCUT2D eigenvalue weighted by atomic mass is 10.3. The number of nitrogen functional groups attached to an aromatic ring is 1. The lowest BCUT2D eigenvalue weighted by Gasteiger charge is -2.16. The van der Waals surface area contributed by atoms with Crippen LogP contribution in [0.25, 0.3) is 0 Å². The highest BCUT2D eigenvalue weighted by molar-refractivity contribution is 5.46. The molecule has 0 aliphatic carbocycles. The molecule has 0 unspecified atom stereocenters. The Morgan fingerprint density at radius 1 is 1.46 bits per heavy atom. The molecule has 1 aromatic heterocycles. The molecule has 0 bridgehead atoms. The fourth-order valence-corrected chi connectivity index (χ4v) is 1.58. The number of aromatic nitrogens is 1. The summed E-state index contributed by atoms with van der Waals surface area (Å²) in [4.78, 5) is 6.42. The Hall–Kier alpha value is -1.29. The third-order valence-electron chi connectivity index (χ3n) is 2.32. The van der Waals surface area contributed by atoms with Crippen LogP contribution in [0.4, 0.5) is 11.5 Å². The second-order valence-corrected chi connectivity index (χ2v) is 3.44. The number of hydrogen-bond acceptors (Lipinski definition) is 4. The van der Waals surface area contributed by atoms with Crippen molar-refractivity contribution in [3.05, 3.63) is 18.3 Å². The summed E-state index contributed by atoms with van der Waals surface area (Å²) in [5, 5.41) is 0. The molecule has 4 heteroatoms. The molecule has 70 valence electrons. The van der Waals surface area contributed by atoms with Crippen LogP contribution >= 0.6 is 0 Å². The molecular formula is C9H14N4. The molecule has 1 saturated heterocycles. The Labute approximate surface area is 77.5 Å². The van der Waals surface area contributed by atoms with Gasteiger partial charge in [0.15, 0.2) is 0 Å². The predicted octanol–water partition coefficient (Wildman–Crippen LogP) is 0.201. The third kappa shape index (κ3) is 1.72. The highest BCUT2D eigenvalue weighted by Crippen LogP contribution is 2.17. The number of anilines is 2. The third-order valence-corrected chi connectivity index (χ3v) is 2.32. The Bertz CT molecular complexity index is 282. The van der Waals surface area contributed by atoms with Crippen molar-refractivity contribution in [3.63, 3.8) is 0 Å². The van der Waals surface area contributed by atoms with Crippen LogP contribution in [0, 0.1) is 0 Å². The van der Waals surface area contributed by atoms with Crippen LogP contribution in [-0.2, 0) is 0 Å². The monoisotopic (exact) mass is 178 g/mol. The van der Waals surface area contributed by atoms with Crippen molar-refractivity contribution in [3.8, 4) is 0 Å². The van der Waals surface area contributed by atoms with E-state index in [-0.39, 0.29) is 0 Å². The average Bonchev–Trinajstić information content (AvgIpc) is 2.53. The lowest BCUT2D eigenvalue weighted by Crippen LogP contribution is -2.26. The van der Waals surface area contributed by atoms with Crippen molar-refractivity contribution in [2.75, 3.05) is 23.7 Å². The smallest absolute Gasteiger partial charge is 0.128 e. The first kappa shape index (κ1) is 8.31. The Morgan fingerprint density at radius 2 is 2.31 bits per heavy atom. The lowest BCUT2D eigenvalue weighted by molar-refractivity contribution is 0.751. The van der Waals surface area contributed by atoms with Crippen LogP contribution in [0.1, 0.15) is 6.42 Å². The molecule has 2 rings (SSSR count). The summed E-state index contributed by atoms with van der Waals surface area (Å²) in [5.74, 6) is 0.974. The first-order valence-electron chi connectivity index (χ1n) is 4.48. The van der Waals surface area contributed by atoms with Gasteiger partial charge in [0.05, 0.1) is 11.9 Å². The standard InChI is InChI=1S/C9H14N4/c10-7-1-2-9(12-5-7)13-4-3-8(11)6-13/h1-2,5,8H,3-4,6,10-11H2/t8-/m1/s1. The summed E-state index contributed by atoms with van der Waals surface area (Å²) >= 11 is 0. The number of hydrogen-bond donors (Lipinski definition) is 2. The normalized spacial score (nSPS) is 22.2. The molecule has 1 aliphatic rings. The molecule has 1 fully saturated rings. The van der Waals surface area contributed by atoms with Crippen LogP contribution in [-0.4, -0.2) is 24.1 Å². The second-order valence-electron chi connectivity index (χ2n) is 3.44. The summed E-state index contributed by atoms with van der Waals surface area (Å²) in [5.41, 5.74) is 12.0. The largest absolute Gasteiger partial charge is 0.397 e. The van der Waals surface area contributed by atoms with Gasteiger partial charge in [0.1, 0.15) is 5.82 Å². The first-order chi connectivity index (χ1) is 6.25. The molecule has 1 atom stereocenters. The molecule has 4 nitrogen and oxygen atoms in total. The van der Waals surface area contributed by atoms with Crippen LogP contribution < -0.4 is 16.4 Å². The van der Waals surface area contributed by atoms with Gasteiger partial charge in [-0.1, -0.05) is 0 Å². The van der Waals surface area contributed by atoms with Crippen LogP contribution in [0.3, 0.4) is 0 Å². The van der Waals surface area contributed by atoms with Crippen LogP contribution in [0.5, 0.6) is 0 Å². The summed E-state index contributed by atoms with van der Waals surface area (Å²) in [6.07, 6.45) is 2.73. The molecule has 1 aromatic rings. The van der Waals surface area contributed by atoms with Crippen molar-refractivity contribution in [2.24, 2.45) is 5.73 Å². The highest BCUT2D eigenvalue weighted by atomic mass is 15.2. The molecule has 2 heterocycles. The number of rotatable bonds is 1. The van der Waals surface area contributed by atoms with E-state index >= 15 is 0 Å². The van der Waals surface area contributed by atoms with E-state index in [2.05, 4.69) is 9.88 Å². The van der Waals surface area contributed by atoms with E-state index in [9.17, 15) is 0 Å². The summed E-state index contributed by atoms with van der Waals surface area (Å²) in [6.45, 7) is 1.90. The van der Waals surface area contributed by atoms with Gasteiger partial charge in [0.2, 0.25) is 0 Å². The molecule has 13 heavy (non-hydrogen) atoms. The molecular weight excluding hydrogens is 164 g/mol. The van der Waals surface area contributed by atoms with Gasteiger partial charge in [0, 0.05) is 19.1 Å². The van der Waals surface area contributed by atoms with Gasteiger partial charge in [-0.15, -0.1) is 0 Å². The number of nitrogens with zero attached hydrogens (tertiary/aromatic N) is 2. The molecule has 0 radical (unpaired) electrons. The zero-order valence-electron chi connectivity index (χ0n) is 7.48. The van der Waals surface area contributed by atoms with Crippen LogP contribution in [0.15, 0.2) is 18.3 Å². The van der Waals surface area contributed by atoms with E-state index in [4.69, 9.17) is 11.5 Å². The van der Waals surface area contributed by atoms with Gasteiger partial charge in [0.25, 0.3) is 0 Å². The van der Waals surface area contributed by atoms with Crippen molar-refractivity contribution >= 4 is 11.5 Å². The Kier molecular flexibility index (Phi) is 2.06. The van der Waals surface area contributed by atoms with Gasteiger partial charge in [-0.05, 0) is 18.6 Å². The van der Waals surface area contributed by atoms with Gasteiger partial charge in [-0.2, -0.15) is 0 Å². The van der Waals surface area contributed by atoms with Crippen molar-refractivity contribution < 1.29 is 0 Å². The zero-order chi connectivity index (χ0) is 9.26. The maximum absolute atomic E-state index is 5.80. The molecule has 0 saturated carbocycles. The minimum Gasteiger partial charge on any atom is -0.397 e. The Morgan fingerprint density at radius 3 is 2.85 bits per heavy atom. The van der Waals surface area contributed by atoms with E-state index in [0.717, 1.165) is 25.3 Å². The SMILES string of the molecule is Nc1ccc(N2CC[C@@H](N)C2)nc1. The topological polar surface area (TPSA) is 68.2 Å². The predicted molar refractivity (Wildman–Crippen MR) is 53.5 cm³/mol. The minimum absolute atomic E-state index is 0.291. The van der Waals surface area contributed by atoms with Crippen molar-refractivity contribution in [1.82, 2.24) is 4.98 Å². The van der Waals surface area contributed by atoms with Gasteiger partial charge in [-0.3, -0.25) is 0 Å². The highest BCUT2D eigenvalue weighted by Gasteiger charge is 2.19. The fraction of sp³-hybridized carbons (Fsp3) is 0.444. The molecule has 4 N–H and O–H groups in total. The summed E-state index contributed by atoms with van der Waals surface area (Å²) in [6, 6.07) is 4.10. The molecule has 1 aliphatic heterocycles. The van der Waals surface area contributed by atoms with Gasteiger partial charge < -0.3 is 16.4 Å². The molecule has 0 spiro atoms. The van der Waals surface area contributed by atoms with E-state index in [1.165, 1.54) is 0 Å². The van der Waals surface area contributed by atoms with Crippen LogP contribution in [0.2, 0.25) is 0 Å². The van der Waals surface area contributed by atoms with E-state index in [1.807, 2.05) is 12.1 Å². The first-order valence-corrected chi connectivity index (χ1v) is 4.48. The Balaban J connectivity index is 2.13. The number of pyridine rings is 1. The summed E-state index contributed by atoms with van der Waals surface area (Å²) < 4.78 is 0. The fourth-order valence-electron chi connectivity index (χ4n) is 1.58. The summed E-state index contributed by atoms with van der Waals surface area (Å²) in [7, 11) is 0. The van der Waals surface area contributed by atoms with Gasteiger partial charge in [-0.25, -0.2) is 4.98 Å². The van der Waals surface area contributed by atoms with Gasteiger partial charge >= 0.3 is 0 Å². The zero-order valence-corrected chi connectivity index (χ0v) is 7.48. The van der Waals surface area contributed by atoms with E-state index < -0.39 is 0 Å². The molecule has 0 amide bonds. The van der Waals surface area contributed by atoms with E-state index in [0.29, 0.717) is 11.7 Å². The molecule has 0 aromatic carbocycles. The van der Waals surface area contributed by atoms with E-state index in [1.54, 1.807) is 6.20 Å². The second kappa shape index (κ2) is 3.22. The maximum Gasteiger partial charge on any atom is 0.128 e. The maximum atomic E-state index is 5.80. The van der Waals surface area contributed by atoms with Crippen molar-refractivity contribution in [2.45, 2.75) is 12.5 Å². The van der Waals surface area contributed by atoms with Crippen molar-refractivity contribution in [1.29, 1.82) is 0 Å².